The maximum Gasteiger partial charge on any atom is 0.293 e. The van der Waals surface area contributed by atoms with Crippen molar-refractivity contribution in [2.45, 2.75) is 52.6 Å². The van der Waals surface area contributed by atoms with Crippen LogP contribution in [0.2, 0.25) is 0 Å². The largest absolute Gasteiger partial charge is 0.462 e. The van der Waals surface area contributed by atoms with Gasteiger partial charge in [0.2, 0.25) is 0 Å². The molecule has 0 aliphatic carbocycles. The van der Waals surface area contributed by atoms with E-state index >= 15 is 0 Å². The SMILES string of the molecule is CCC(C)(CCC=C(C)C)OC=O. The summed E-state index contributed by atoms with van der Waals surface area (Å²) in [5.41, 5.74) is 1.03. The molecule has 2 nitrogen and oxygen atoms in total. The number of ether oxygens (including phenoxy) is 1. The van der Waals surface area contributed by atoms with Crippen LogP contribution >= 0.6 is 0 Å². The fraction of sp³-hybridized carbons (Fsp3) is 0.727. The maximum absolute atomic E-state index is 10.2. The lowest BCUT2D eigenvalue weighted by Gasteiger charge is -2.25. The topological polar surface area (TPSA) is 26.3 Å². The van der Waals surface area contributed by atoms with Crippen LogP contribution in [-0.4, -0.2) is 12.1 Å². The highest BCUT2D eigenvalue weighted by atomic mass is 16.5. The van der Waals surface area contributed by atoms with Gasteiger partial charge in [0.05, 0.1) is 0 Å². The molecular formula is C11H20O2. The van der Waals surface area contributed by atoms with E-state index in [2.05, 4.69) is 19.9 Å². The Hall–Kier alpha value is -0.790. The molecule has 0 bridgehead atoms. The molecule has 76 valence electrons. The minimum Gasteiger partial charge on any atom is -0.462 e. The minimum atomic E-state index is -0.284. The first-order chi connectivity index (χ1) is 6.04. The van der Waals surface area contributed by atoms with Gasteiger partial charge in [-0.1, -0.05) is 18.6 Å². The molecule has 2 heteroatoms. The average molecular weight is 184 g/mol. The fourth-order valence-corrected chi connectivity index (χ4v) is 1.10. The van der Waals surface area contributed by atoms with Crippen LogP contribution < -0.4 is 0 Å². The van der Waals surface area contributed by atoms with E-state index in [0.717, 1.165) is 19.3 Å². The van der Waals surface area contributed by atoms with Gasteiger partial charge in [-0.25, -0.2) is 0 Å². The lowest BCUT2D eigenvalue weighted by atomic mass is 9.96. The lowest BCUT2D eigenvalue weighted by Crippen LogP contribution is -2.26. The van der Waals surface area contributed by atoms with Crippen LogP contribution in [0.15, 0.2) is 11.6 Å². The van der Waals surface area contributed by atoms with Gasteiger partial charge in [-0.15, -0.1) is 0 Å². The molecule has 0 saturated heterocycles. The number of allylic oxidation sites excluding steroid dienone is 2. The van der Waals surface area contributed by atoms with E-state index in [4.69, 9.17) is 4.74 Å². The molecule has 0 amide bonds. The summed E-state index contributed by atoms with van der Waals surface area (Å²) in [7, 11) is 0. The number of hydrogen-bond donors (Lipinski definition) is 0. The second-order valence-electron chi connectivity index (χ2n) is 3.84. The Morgan fingerprint density at radius 3 is 2.46 bits per heavy atom. The second kappa shape index (κ2) is 5.79. The Morgan fingerprint density at radius 1 is 1.46 bits per heavy atom. The molecule has 13 heavy (non-hydrogen) atoms. The summed E-state index contributed by atoms with van der Waals surface area (Å²) in [6.45, 7) is 8.70. The first-order valence-electron chi connectivity index (χ1n) is 4.79. The fourth-order valence-electron chi connectivity index (χ4n) is 1.10. The zero-order valence-corrected chi connectivity index (χ0v) is 9.09. The first kappa shape index (κ1) is 12.2. The molecule has 0 spiro atoms. The molecule has 0 N–H and O–H groups in total. The van der Waals surface area contributed by atoms with Gasteiger partial charge in [-0.3, -0.25) is 4.79 Å². The van der Waals surface area contributed by atoms with Gasteiger partial charge in [-0.2, -0.15) is 0 Å². The highest BCUT2D eigenvalue weighted by Gasteiger charge is 2.21. The number of carbonyl (C=O) groups excluding carboxylic acids is 1. The highest BCUT2D eigenvalue weighted by Crippen LogP contribution is 2.21. The third-order valence-corrected chi connectivity index (χ3v) is 2.31. The van der Waals surface area contributed by atoms with Crippen LogP contribution in [0.1, 0.15) is 47.0 Å². The number of hydrogen-bond acceptors (Lipinski definition) is 2. The van der Waals surface area contributed by atoms with Crippen molar-refractivity contribution in [3.05, 3.63) is 11.6 Å². The van der Waals surface area contributed by atoms with E-state index in [1.165, 1.54) is 5.57 Å². The van der Waals surface area contributed by atoms with Gasteiger partial charge in [-0.05, 0) is 40.0 Å². The summed E-state index contributed by atoms with van der Waals surface area (Å²) in [5, 5.41) is 0. The second-order valence-corrected chi connectivity index (χ2v) is 3.84. The molecule has 0 aliphatic rings. The van der Waals surface area contributed by atoms with Crippen molar-refractivity contribution >= 4 is 6.47 Å². The lowest BCUT2D eigenvalue weighted by molar-refractivity contribution is -0.142. The molecule has 0 aromatic rings. The summed E-state index contributed by atoms with van der Waals surface area (Å²) in [6, 6.07) is 0. The summed E-state index contributed by atoms with van der Waals surface area (Å²) in [5.74, 6) is 0. The van der Waals surface area contributed by atoms with Crippen LogP contribution in [0.3, 0.4) is 0 Å². The predicted molar refractivity (Wildman–Crippen MR) is 54.5 cm³/mol. The van der Waals surface area contributed by atoms with Gasteiger partial charge in [0, 0.05) is 0 Å². The van der Waals surface area contributed by atoms with E-state index in [0.29, 0.717) is 6.47 Å². The molecule has 0 radical (unpaired) electrons. The maximum atomic E-state index is 10.2. The molecule has 0 aromatic carbocycles. The van der Waals surface area contributed by atoms with Crippen LogP contribution in [0.4, 0.5) is 0 Å². The van der Waals surface area contributed by atoms with Crippen molar-refractivity contribution in [2.75, 3.05) is 0 Å². The Balaban J connectivity index is 3.97. The van der Waals surface area contributed by atoms with E-state index in [-0.39, 0.29) is 5.60 Å². The Morgan fingerprint density at radius 2 is 2.08 bits per heavy atom. The van der Waals surface area contributed by atoms with Crippen LogP contribution in [0.25, 0.3) is 0 Å². The van der Waals surface area contributed by atoms with E-state index in [9.17, 15) is 4.79 Å². The molecular weight excluding hydrogens is 164 g/mol. The van der Waals surface area contributed by atoms with Crippen LogP contribution in [0.5, 0.6) is 0 Å². The van der Waals surface area contributed by atoms with E-state index in [1.54, 1.807) is 0 Å². The molecule has 0 rings (SSSR count). The number of carbonyl (C=O) groups is 1. The van der Waals surface area contributed by atoms with Crippen molar-refractivity contribution < 1.29 is 9.53 Å². The zero-order valence-electron chi connectivity index (χ0n) is 9.09. The minimum absolute atomic E-state index is 0.284. The predicted octanol–water partition coefficient (Wildman–Crippen LogP) is 3.07. The van der Waals surface area contributed by atoms with Crippen molar-refractivity contribution in [1.29, 1.82) is 0 Å². The Labute approximate surface area is 81.0 Å². The standard InChI is InChI=1S/C11H20O2/c1-5-11(4,13-9-12)8-6-7-10(2)3/h7,9H,5-6,8H2,1-4H3. The van der Waals surface area contributed by atoms with Gasteiger partial charge in [0.25, 0.3) is 6.47 Å². The van der Waals surface area contributed by atoms with Gasteiger partial charge in [0.15, 0.2) is 0 Å². The normalized spacial score (nSPS) is 14.5. The zero-order chi connectivity index (χ0) is 10.3. The Kier molecular flexibility index (Phi) is 5.44. The average Bonchev–Trinajstić information content (AvgIpc) is 2.04. The quantitative estimate of drug-likeness (QED) is 0.468. The molecule has 1 unspecified atom stereocenters. The van der Waals surface area contributed by atoms with Gasteiger partial charge in [0.1, 0.15) is 5.60 Å². The molecule has 0 saturated carbocycles. The van der Waals surface area contributed by atoms with Gasteiger partial charge >= 0.3 is 0 Å². The summed E-state index contributed by atoms with van der Waals surface area (Å²) >= 11 is 0. The Bertz CT molecular complexity index is 181. The third kappa shape index (κ3) is 5.45. The monoisotopic (exact) mass is 184 g/mol. The highest BCUT2D eigenvalue weighted by molar-refractivity contribution is 5.38. The number of rotatable bonds is 6. The van der Waals surface area contributed by atoms with Gasteiger partial charge < -0.3 is 4.74 Å². The molecule has 0 heterocycles. The van der Waals surface area contributed by atoms with Crippen LogP contribution in [0, 0.1) is 0 Å². The van der Waals surface area contributed by atoms with Crippen molar-refractivity contribution in [3.8, 4) is 0 Å². The van der Waals surface area contributed by atoms with Crippen molar-refractivity contribution in [1.82, 2.24) is 0 Å². The summed E-state index contributed by atoms with van der Waals surface area (Å²) in [4.78, 5) is 10.2. The summed E-state index contributed by atoms with van der Waals surface area (Å²) < 4.78 is 5.05. The smallest absolute Gasteiger partial charge is 0.293 e. The first-order valence-corrected chi connectivity index (χ1v) is 4.79. The third-order valence-electron chi connectivity index (χ3n) is 2.31. The summed E-state index contributed by atoms with van der Waals surface area (Å²) in [6.07, 6.45) is 4.90. The molecule has 0 aliphatic heterocycles. The van der Waals surface area contributed by atoms with Crippen LogP contribution in [-0.2, 0) is 9.53 Å². The molecule has 0 aromatic heterocycles. The molecule has 1 atom stereocenters. The van der Waals surface area contributed by atoms with Crippen molar-refractivity contribution in [2.24, 2.45) is 0 Å². The van der Waals surface area contributed by atoms with E-state index in [1.807, 2.05) is 13.8 Å². The molecule has 0 fully saturated rings. The van der Waals surface area contributed by atoms with Crippen molar-refractivity contribution in [3.63, 3.8) is 0 Å². The van der Waals surface area contributed by atoms with E-state index < -0.39 is 0 Å².